The fourth-order valence-corrected chi connectivity index (χ4v) is 3.42. The lowest BCUT2D eigenvalue weighted by molar-refractivity contribution is -0.138. The van der Waals surface area contributed by atoms with E-state index in [1.807, 2.05) is 137 Å². The van der Waals surface area contributed by atoms with Crippen LogP contribution in [0.5, 0.6) is 0 Å². The number of carbonyl (C=O) groups is 6. The zero-order valence-corrected chi connectivity index (χ0v) is 44.7. The molecule has 0 aromatic heterocycles. The van der Waals surface area contributed by atoms with Gasteiger partial charge in [0.15, 0.2) is 0 Å². The van der Waals surface area contributed by atoms with Crippen molar-refractivity contribution in [1.82, 2.24) is 0 Å². The van der Waals surface area contributed by atoms with Gasteiger partial charge in [-0.3, -0.25) is 19.2 Å². The maximum Gasteiger partial charge on any atom is 0.302 e. The van der Waals surface area contributed by atoms with Crippen LogP contribution in [0.2, 0.25) is 0 Å². The number of ether oxygens (including phenoxy) is 4. The van der Waals surface area contributed by atoms with Crippen LogP contribution in [0, 0.1) is 0 Å². The highest BCUT2D eigenvalue weighted by atomic mass is 16.5. The number of hydrogen-bond acceptors (Lipinski definition) is 10. The first-order valence-electron chi connectivity index (χ1n) is 22.5. The van der Waals surface area contributed by atoms with E-state index in [1.165, 1.54) is 105 Å². The van der Waals surface area contributed by atoms with Crippen LogP contribution < -0.4 is 0 Å². The summed E-state index contributed by atoms with van der Waals surface area (Å²) >= 11 is 0. The monoisotopic (exact) mass is 963 g/mol. The molecule has 7 aromatic carbocycles. The van der Waals surface area contributed by atoms with Crippen LogP contribution in [-0.4, -0.2) is 63.9 Å². The average molecular weight is 963 g/mol. The molecule has 0 fully saturated rings. The van der Waals surface area contributed by atoms with Gasteiger partial charge in [-0.05, 0) is 49.2 Å². The Morgan fingerprint density at radius 3 is 0.357 bits per heavy atom. The van der Waals surface area contributed by atoms with Crippen molar-refractivity contribution in [3.8, 4) is 0 Å². The number of methoxy groups -OCH3 is 4. The second-order valence-electron chi connectivity index (χ2n) is 12.8. The van der Waals surface area contributed by atoms with Crippen molar-refractivity contribution in [3.05, 3.63) is 206 Å². The number of fused-ring (bicyclic) bond motifs is 2. The maximum atomic E-state index is 9.59. The third kappa shape index (κ3) is 71.9. The summed E-state index contributed by atoms with van der Waals surface area (Å²) in [5.74, 6) is -0.648. The maximum absolute atomic E-state index is 9.59. The van der Waals surface area contributed by atoms with E-state index >= 15 is 0 Å². The van der Waals surface area contributed by atoms with Crippen LogP contribution in [-0.2, 0) is 47.7 Å². The molecule has 0 aliphatic rings. The lowest BCUT2D eigenvalue weighted by atomic mass is 10.1. The van der Waals surface area contributed by atoms with Crippen LogP contribution in [0.25, 0.3) is 21.5 Å². The first-order chi connectivity index (χ1) is 33.5. The number of benzene rings is 7. The molecule has 0 heterocycles. The molecule has 0 saturated heterocycles. The summed E-state index contributed by atoms with van der Waals surface area (Å²) in [7, 11) is 5.40. The van der Waals surface area contributed by atoms with E-state index in [9.17, 15) is 28.8 Å². The van der Waals surface area contributed by atoms with Crippen molar-refractivity contribution in [2.45, 2.75) is 83.1 Å². The standard InChI is InChI=1S/2C10H8.3C6H6.4C3H6O2.2C3H6O.2C2H6/c2*1-2-6-10-8-4-3-7-9(10)5-1;3*1-2-4-6-5-3-1;4*1-3(4)5-2;2*1-3(2)4;2*1-2/h2*1-8H;3*1-6H;4*1-2H3;2*1-2H3;2*1-2H3. The minimum Gasteiger partial charge on any atom is -0.469 e. The Bertz CT molecular complexity index is 1760. The topological polar surface area (TPSA) is 139 Å². The molecule has 0 spiro atoms. The highest BCUT2D eigenvalue weighted by Gasteiger charge is 1.86. The lowest BCUT2D eigenvalue weighted by Crippen LogP contribution is -1.88. The number of esters is 4. The molecule has 10 heteroatoms. The summed E-state index contributed by atoms with van der Waals surface area (Å²) in [4.78, 5) is 57.2. The van der Waals surface area contributed by atoms with E-state index in [1.54, 1.807) is 0 Å². The number of Topliss-reactive ketones (excluding diaryl/α,β-unsaturated/α-hetero) is 2. The zero-order valence-electron chi connectivity index (χ0n) is 44.7. The first kappa shape index (κ1) is 73.8. The van der Waals surface area contributed by atoms with Crippen LogP contribution >= 0.6 is 0 Å². The SMILES string of the molecule is CC.CC.CC(C)=O.CC(C)=O.COC(C)=O.COC(C)=O.COC(C)=O.COC(C)=O.c1ccc2ccccc2c1.c1ccc2ccccc2c1.c1ccccc1.c1ccccc1.c1ccccc1. The molecule has 382 valence electrons. The lowest BCUT2D eigenvalue weighted by Gasteiger charge is -1.92. The summed E-state index contributed by atoms with van der Waals surface area (Å²) in [5.41, 5.74) is 0. The minimum absolute atomic E-state index is 0.167. The Labute approximate surface area is 421 Å². The van der Waals surface area contributed by atoms with E-state index in [2.05, 4.69) is 116 Å². The van der Waals surface area contributed by atoms with Gasteiger partial charge < -0.3 is 28.5 Å². The zero-order chi connectivity index (χ0) is 54.6. The molecule has 0 unspecified atom stereocenters. The molecule has 10 nitrogen and oxygen atoms in total. The Morgan fingerprint density at radius 2 is 0.300 bits per heavy atom. The number of carbonyl (C=O) groups excluding carboxylic acids is 6. The van der Waals surface area contributed by atoms with Crippen molar-refractivity contribution in [1.29, 1.82) is 0 Å². The first-order valence-corrected chi connectivity index (χ1v) is 22.5. The second-order valence-corrected chi connectivity index (χ2v) is 12.8. The van der Waals surface area contributed by atoms with Gasteiger partial charge in [-0.1, -0.05) is 234 Å². The predicted octanol–water partition coefficient (Wildman–Crippen LogP) is 14.7. The molecule has 7 aromatic rings. The number of rotatable bonds is 0. The van der Waals surface area contributed by atoms with E-state index in [4.69, 9.17) is 0 Å². The van der Waals surface area contributed by atoms with E-state index in [0.29, 0.717) is 0 Å². The summed E-state index contributed by atoms with van der Waals surface area (Å²) in [6.07, 6.45) is 0. The predicted molar refractivity (Wildman–Crippen MR) is 293 cm³/mol. The van der Waals surface area contributed by atoms with Crippen molar-refractivity contribution in [2.24, 2.45) is 0 Å². The fourth-order valence-electron chi connectivity index (χ4n) is 3.42. The van der Waals surface area contributed by atoms with Crippen molar-refractivity contribution < 1.29 is 47.7 Å². The van der Waals surface area contributed by atoms with E-state index < -0.39 is 0 Å². The molecule has 0 bridgehead atoms. The van der Waals surface area contributed by atoms with Gasteiger partial charge in [0.05, 0.1) is 28.4 Å². The summed E-state index contributed by atoms with van der Waals surface area (Å²) in [5, 5.41) is 5.24. The number of hydrogen-bond donors (Lipinski definition) is 0. The Hall–Kier alpha value is -7.72. The highest BCUT2D eigenvalue weighted by Crippen LogP contribution is 2.12. The Balaban J connectivity index is -0.000000162. The van der Waals surface area contributed by atoms with Gasteiger partial charge in [0.25, 0.3) is 0 Å². The van der Waals surface area contributed by atoms with Crippen molar-refractivity contribution in [2.75, 3.05) is 28.4 Å². The van der Waals surface area contributed by atoms with Crippen LogP contribution in [0.3, 0.4) is 0 Å². The molecule has 0 N–H and O–H groups in total. The Morgan fingerprint density at radius 1 is 0.229 bits per heavy atom. The highest BCUT2D eigenvalue weighted by molar-refractivity contribution is 5.82. The van der Waals surface area contributed by atoms with Crippen LogP contribution in [0.15, 0.2) is 206 Å². The minimum atomic E-state index is -0.245. The largest absolute Gasteiger partial charge is 0.469 e. The van der Waals surface area contributed by atoms with Gasteiger partial charge in [-0.25, -0.2) is 0 Å². The fraction of sp³-hybridized carbons (Fsp3) is 0.267. The normalized spacial score (nSPS) is 7.77. The summed E-state index contributed by atoms with van der Waals surface area (Å²) in [6, 6.07) is 69.4. The molecule has 0 aliphatic heterocycles. The van der Waals surface area contributed by atoms with E-state index in [-0.39, 0.29) is 35.4 Å². The van der Waals surface area contributed by atoms with Gasteiger partial charge >= 0.3 is 23.9 Å². The molecule has 7 rings (SSSR count). The number of ketones is 2. The van der Waals surface area contributed by atoms with Gasteiger partial charge in [-0.2, -0.15) is 0 Å². The molecular formula is C60H82O10. The third-order valence-electron chi connectivity index (χ3n) is 6.47. The summed E-state index contributed by atoms with van der Waals surface area (Å²) in [6.45, 7) is 19.6. The second kappa shape index (κ2) is 61.3. The average Bonchev–Trinajstić information content (AvgIpc) is 3.40. The van der Waals surface area contributed by atoms with Crippen molar-refractivity contribution in [3.63, 3.8) is 0 Å². The third-order valence-corrected chi connectivity index (χ3v) is 6.47. The van der Waals surface area contributed by atoms with Gasteiger partial charge in [0.2, 0.25) is 0 Å². The quantitative estimate of drug-likeness (QED) is 0.107. The molecule has 0 amide bonds. The molecule has 0 aliphatic carbocycles. The smallest absolute Gasteiger partial charge is 0.302 e. The van der Waals surface area contributed by atoms with Crippen LogP contribution in [0.1, 0.15) is 83.1 Å². The van der Waals surface area contributed by atoms with Crippen LogP contribution in [0.4, 0.5) is 0 Å². The Kier molecular flexibility index (Phi) is 64.6. The van der Waals surface area contributed by atoms with Gasteiger partial charge in [0.1, 0.15) is 11.6 Å². The molecule has 0 radical (unpaired) electrons. The van der Waals surface area contributed by atoms with Gasteiger partial charge in [-0.15, -0.1) is 0 Å². The molecule has 0 atom stereocenters. The van der Waals surface area contributed by atoms with Crippen molar-refractivity contribution >= 4 is 57.0 Å². The molecular weight excluding hydrogens is 881 g/mol. The molecule has 70 heavy (non-hydrogen) atoms. The van der Waals surface area contributed by atoms with E-state index in [0.717, 1.165) is 0 Å². The van der Waals surface area contributed by atoms with Gasteiger partial charge in [0, 0.05) is 27.7 Å². The molecule has 0 saturated carbocycles. The summed E-state index contributed by atoms with van der Waals surface area (Å²) < 4.78 is 16.4.